The first-order valence-electron chi connectivity index (χ1n) is 4.72. The lowest BCUT2D eigenvalue weighted by molar-refractivity contribution is -0.132. The number of amides is 1. The minimum atomic E-state index is -0.407. The van der Waals surface area contributed by atoms with Crippen molar-refractivity contribution in [1.29, 1.82) is 0 Å². The number of rotatable bonds is 4. The third-order valence-electron chi connectivity index (χ3n) is 2.01. The summed E-state index contributed by atoms with van der Waals surface area (Å²) >= 11 is 1.66. The van der Waals surface area contributed by atoms with Gasteiger partial charge in [-0.25, -0.2) is 0 Å². The molecule has 0 saturated carbocycles. The van der Waals surface area contributed by atoms with Crippen LogP contribution >= 0.6 is 11.3 Å². The van der Waals surface area contributed by atoms with Crippen LogP contribution in [0.3, 0.4) is 0 Å². The first-order chi connectivity index (χ1) is 6.65. The van der Waals surface area contributed by atoms with Crippen LogP contribution in [0.1, 0.15) is 18.7 Å². The summed E-state index contributed by atoms with van der Waals surface area (Å²) in [4.78, 5) is 14.6. The number of likely N-dealkylation sites (N-methyl/N-ethyl adjacent to an activating group) is 1. The number of thiophene rings is 1. The Morgan fingerprint density at radius 2 is 2.43 bits per heavy atom. The van der Waals surface area contributed by atoms with Crippen molar-refractivity contribution >= 4 is 17.2 Å². The summed E-state index contributed by atoms with van der Waals surface area (Å²) in [6.45, 7) is 5.07. The maximum atomic E-state index is 11.6. The highest BCUT2D eigenvalue weighted by atomic mass is 32.1. The van der Waals surface area contributed by atoms with Crippen LogP contribution in [0.5, 0.6) is 0 Å². The minimum Gasteiger partial charge on any atom is -0.336 e. The molecule has 14 heavy (non-hydrogen) atoms. The van der Waals surface area contributed by atoms with Crippen molar-refractivity contribution in [1.82, 2.24) is 4.90 Å². The van der Waals surface area contributed by atoms with Gasteiger partial charge in [-0.2, -0.15) is 0 Å². The monoisotopic (exact) mass is 212 g/mol. The summed E-state index contributed by atoms with van der Waals surface area (Å²) in [5.74, 6) is 0.0147. The average molecular weight is 212 g/mol. The zero-order valence-corrected chi connectivity index (χ0v) is 9.38. The van der Waals surface area contributed by atoms with E-state index in [9.17, 15) is 4.79 Å². The van der Waals surface area contributed by atoms with Crippen molar-refractivity contribution in [3.8, 4) is 0 Å². The van der Waals surface area contributed by atoms with Gasteiger partial charge in [0.25, 0.3) is 0 Å². The molecule has 1 atom stereocenters. The maximum absolute atomic E-state index is 11.6. The molecule has 0 saturated heterocycles. The van der Waals surface area contributed by atoms with Gasteiger partial charge in [0, 0.05) is 11.4 Å². The van der Waals surface area contributed by atoms with Crippen molar-refractivity contribution in [2.24, 2.45) is 5.73 Å². The van der Waals surface area contributed by atoms with Crippen molar-refractivity contribution in [3.05, 3.63) is 22.4 Å². The molecule has 1 aromatic heterocycles. The van der Waals surface area contributed by atoms with Crippen LogP contribution in [0.2, 0.25) is 0 Å². The fourth-order valence-electron chi connectivity index (χ4n) is 1.22. The van der Waals surface area contributed by atoms with Gasteiger partial charge < -0.3 is 10.6 Å². The van der Waals surface area contributed by atoms with Gasteiger partial charge in [0.05, 0.1) is 12.6 Å². The molecular weight excluding hydrogens is 196 g/mol. The van der Waals surface area contributed by atoms with Gasteiger partial charge in [-0.15, -0.1) is 11.3 Å². The molecule has 2 N–H and O–H groups in total. The Morgan fingerprint density at radius 1 is 1.71 bits per heavy atom. The molecular formula is C10H16N2OS. The van der Waals surface area contributed by atoms with E-state index in [4.69, 9.17) is 5.73 Å². The molecule has 1 aromatic rings. The summed E-state index contributed by atoms with van der Waals surface area (Å²) in [6, 6.07) is 3.61. The largest absolute Gasteiger partial charge is 0.336 e. The minimum absolute atomic E-state index is 0.0147. The van der Waals surface area contributed by atoms with Crippen LogP contribution in [0, 0.1) is 0 Å². The van der Waals surface area contributed by atoms with E-state index in [0.29, 0.717) is 13.1 Å². The van der Waals surface area contributed by atoms with Crippen molar-refractivity contribution in [2.75, 3.05) is 6.54 Å². The Balaban J connectivity index is 2.60. The Bertz CT molecular complexity index is 282. The van der Waals surface area contributed by atoms with Gasteiger partial charge in [-0.05, 0) is 25.3 Å². The highest BCUT2D eigenvalue weighted by Crippen LogP contribution is 2.12. The van der Waals surface area contributed by atoms with Crippen molar-refractivity contribution in [3.63, 3.8) is 0 Å². The predicted octanol–water partition coefficient (Wildman–Crippen LogP) is 1.44. The average Bonchev–Trinajstić information content (AvgIpc) is 2.65. The molecule has 0 bridgehead atoms. The molecule has 0 aliphatic carbocycles. The van der Waals surface area contributed by atoms with Crippen LogP contribution < -0.4 is 5.73 Å². The molecule has 0 spiro atoms. The van der Waals surface area contributed by atoms with E-state index >= 15 is 0 Å². The maximum Gasteiger partial charge on any atom is 0.239 e. The molecule has 1 heterocycles. The highest BCUT2D eigenvalue weighted by Gasteiger charge is 2.15. The summed E-state index contributed by atoms with van der Waals surface area (Å²) in [5, 5.41) is 2.01. The second-order valence-electron chi connectivity index (χ2n) is 3.22. The molecule has 1 rings (SSSR count). The van der Waals surface area contributed by atoms with Crippen LogP contribution in [-0.2, 0) is 11.3 Å². The molecule has 4 heteroatoms. The van der Waals surface area contributed by atoms with Crippen molar-refractivity contribution in [2.45, 2.75) is 26.4 Å². The third kappa shape index (κ3) is 2.82. The number of hydrogen-bond donors (Lipinski definition) is 1. The summed E-state index contributed by atoms with van der Waals surface area (Å²) in [5.41, 5.74) is 5.55. The molecule has 0 radical (unpaired) electrons. The molecule has 0 aromatic carbocycles. The first kappa shape index (κ1) is 11.2. The Morgan fingerprint density at radius 3 is 2.86 bits per heavy atom. The summed E-state index contributed by atoms with van der Waals surface area (Å²) in [6.07, 6.45) is 0. The Kier molecular flexibility index (Phi) is 4.10. The predicted molar refractivity (Wildman–Crippen MR) is 59.1 cm³/mol. The van der Waals surface area contributed by atoms with E-state index in [1.807, 2.05) is 24.4 Å². The van der Waals surface area contributed by atoms with E-state index in [1.165, 1.54) is 4.88 Å². The normalized spacial score (nSPS) is 12.5. The van der Waals surface area contributed by atoms with E-state index < -0.39 is 6.04 Å². The van der Waals surface area contributed by atoms with Gasteiger partial charge in [0.2, 0.25) is 5.91 Å². The van der Waals surface area contributed by atoms with Gasteiger partial charge in [0.1, 0.15) is 0 Å². The lowest BCUT2D eigenvalue weighted by Crippen LogP contribution is -2.41. The molecule has 0 fully saturated rings. The second kappa shape index (κ2) is 5.12. The molecule has 78 valence electrons. The van der Waals surface area contributed by atoms with E-state index in [0.717, 1.165) is 0 Å². The molecule has 3 nitrogen and oxygen atoms in total. The smallest absolute Gasteiger partial charge is 0.239 e. The fourth-order valence-corrected chi connectivity index (χ4v) is 1.94. The number of nitrogens with two attached hydrogens (primary N) is 1. The van der Waals surface area contributed by atoms with E-state index in [2.05, 4.69) is 0 Å². The van der Waals surface area contributed by atoms with Gasteiger partial charge in [-0.1, -0.05) is 6.07 Å². The Hall–Kier alpha value is -0.870. The topological polar surface area (TPSA) is 46.3 Å². The van der Waals surface area contributed by atoms with E-state index in [1.54, 1.807) is 23.2 Å². The number of hydrogen-bond acceptors (Lipinski definition) is 3. The van der Waals surface area contributed by atoms with Gasteiger partial charge in [-0.3, -0.25) is 4.79 Å². The zero-order valence-electron chi connectivity index (χ0n) is 8.56. The molecule has 1 amide bonds. The second-order valence-corrected chi connectivity index (χ2v) is 4.25. The third-order valence-corrected chi connectivity index (χ3v) is 2.87. The van der Waals surface area contributed by atoms with Gasteiger partial charge in [0.15, 0.2) is 0 Å². The molecule has 0 unspecified atom stereocenters. The number of nitrogens with zero attached hydrogens (tertiary/aromatic N) is 1. The highest BCUT2D eigenvalue weighted by molar-refractivity contribution is 7.09. The molecule has 0 aliphatic heterocycles. The van der Waals surface area contributed by atoms with Crippen LogP contribution in [0.4, 0.5) is 0 Å². The Labute approximate surface area is 88.5 Å². The quantitative estimate of drug-likeness (QED) is 0.821. The number of carbonyl (C=O) groups is 1. The first-order valence-corrected chi connectivity index (χ1v) is 5.60. The lowest BCUT2D eigenvalue weighted by Gasteiger charge is -2.21. The lowest BCUT2D eigenvalue weighted by atomic mass is 10.3. The van der Waals surface area contributed by atoms with Crippen LogP contribution in [0.15, 0.2) is 17.5 Å². The standard InChI is InChI=1S/C10H16N2OS/c1-3-12(10(13)8(2)11)7-9-5-4-6-14-9/h4-6,8H,3,7,11H2,1-2H3/t8-/m1/s1. The number of carbonyl (C=O) groups excluding carboxylic acids is 1. The van der Waals surface area contributed by atoms with Gasteiger partial charge >= 0.3 is 0 Å². The van der Waals surface area contributed by atoms with Crippen LogP contribution in [-0.4, -0.2) is 23.4 Å². The van der Waals surface area contributed by atoms with Crippen molar-refractivity contribution < 1.29 is 4.79 Å². The summed E-state index contributed by atoms with van der Waals surface area (Å²) in [7, 11) is 0. The molecule has 0 aliphatic rings. The van der Waals surface area contributed by atoms with Crippen LogP contribution in [0.25, 0.3) is 0 Å². The summed E-state index contributed by atoms with van der Waals surface area (Å²) < 4.78 is 0. The zero-order chi connectivity index (χ0) is 10.6. The van der Waals surface area contributed by atoms with E-state index in [-0.39, 0.29) is 5.91 Å². The fraction of sp³-hybridized carbons (Fsp3) is 0.500. The SMILES string of the molecule is CCN(Cc1cccs1)C(=O)[C@@H](C)N.